The van der Waals surface area contributed by atoms with Crippen molar-refractivity contribution in [3.63, 3.8) is 0 Å². The number of hydrogen-bond donors (Lipinski definition) is 1. The van der Waals surface area contributed by atoms with Crippen molar-refractivity contribution >= 4 is 62.2 Å². The van der Waals surface area contributed by atoms with E-state index in [2.05, 4.69) is 15.9 Å². The van der Waals surface area contributed by atoms with Crippen molar-refractivity contribution in [3.8, 4) is 11.5 Å². The molecule has 2 aromatic carbocycles. The maximum Gasteiger partial charge on any atom is 0.293 e. The van der Waals surface area contributed by atoms with Crippen molar-refractivity contribution in [3.05, 3.63) is 66.5 Å². The van der Waals surface area contributed by atoms with Gasteiger partial charge in [-0.05, 0) is 45.9 Å². The summed E-state index contributed by atoms with van der Waals surface area (Å²) in [6.45, 7) is 0.0422. The van der Waals surface area contributed by atoms with Gasteiger partial charge in [0, 0.05) is 17.7 Å². The second-order valence-corrected chi connectivity index (χ2v) is 7.99. The fraction of sp³-hybridized carbons (Fsp3) is 0.111. The molecule has 150 valence electrons. The van der Waals surface area contributed by atoms with E-state index < -0.39 is 16.1 Å². The maximum absolute atomic E-state index is 12.6. The first-order valence-corrected chi connectivity index (χ1v) is 10.1. The summed E-state index contributed by atoms with van der Waals surface area (Å²) in [5, 5.41) is 21.0. The molecule has 0 atom stereocenters. The normalized spacial score (nSPS) is 15.2. The van der Waals surface area contributed by atoms with E-state index in [9.17, 15) is 24.8 Å². The number of ether oxygens (including phenoxy) is 1. The summed E-state index contributed by atoms with van der Waals surface area (Å²) in [4.78, 5) is 36.2. The predicted molar refractivity (Wildman–Crippen MR) is 112 cm³/mol. The first-order chi connectivity index (χ1) is 13.8. The highest BCUT2D eigenvalue weighted by atomic mass is 79.9. The van der Waals surface area contributed by atoms with Gasteiger partial charge in [-0.15, -0.1) is 0 Å². The molecule has 1 saturated heterocycles. The van der Waals surface area contributed by atoms with Crippen LogP contribution in [0.5, 0.6) is 11.5 Å². The zero-order valence-electron chi connectivity index (χ0n) is 14.5. The van der Waals surface area contributed by atoms with E-state index in [-0.39, 0.29) is 39.5 Å². The molecule has 1 N–H and O–H groups in total. The molecule has 0 unspecified atom stereocenters. The minimum Gasteiger partial charge on any atom is -0.506 e. The Kier molecular flexibility index (Phi) is 6.46. The summed E-state index contributed by atoms with van der Waals surface area (Å²) in [7, 11) is 0. The number of benzene rings is 2. The SMILES string of the molecule is O=C1S/C(=C\c2cc([N+](=O)[O-])cc(Br)c2O)C(=O)N1CCOc1ccccc1Cl. The number of carbonyl (C=O) groups excluding carboxylic acids is 2. The number of non-ortho nitro benzene ring substituents is 1. The first kappa shape index (κ1) is 21.2. The third-order valence-corrected chi connectivity index (χ3v) is 5.68. The van der Waals surface area contributed by atoms with Crippen molar-refractivity contribution in [2.24, 2.45) is 0 Å². The van der Waals surface area contributed by atoms with Gasteiger partial charge in [0.2, 0.25) is 0 Å². The number of nitro groups is 1. The summed E-state index contributed by atoms with van der Waals surface area (Å²) in [5.74, 6) is -0.419. The van der Waals surface area contributed by atoms with Gasteiger partial charge in [-0.25, -0.2) is 0 Å². The molecule has 0 aromatic heterocycles. The van der Waals surface area contributed by atoms with Crippen LogP contribution in [-0.4, -0.2) is 39.2 Å². The average Bonchev–Trinajstić information content (AvgIpc) is 2.94. The Morgan fingerprint density at radius 1 is 1.31 bits per heavy atom. The van der Waals surface area contributed by atoms with E-state index in [1.807, 2.05) is 0 Å². The zero-order chi connectivity index (χ0) is 21.1. The second kappa shape index (κ2) is 8.85. The van der Waals surface area contributed by atoms with Crippen molar-refractivity contribution in [2.75, 3.05) is 13.2 Å². The van der Waals surface area contributed by atoms with Gasteiger partial charge in [-0.2, -0.15) is 0 Å². The molecule has 11 heteroatoms. The Morgan fingerprint density at radius 2 is 2.03 bits per heavy atom. The lowest BCUT2D eigenvalue weighted by Gasteiger charge is -2.13. The van der Waals surface area contributed by atoms with Crippen molar-refractivity contribution < 1.29 is 24.4 Å². The molecule has 0 spiro atoms. The van der Waals surface area contributed by atoms with Crippen LogP contribution in [0.1, 0.15) is 5.56 Å². The van der Waals surface area contributed by atoms with Crippen LogP contribution in [0.15, 0.2) is 45.8 Å². The lowest BCUT2D eigenvalue weighted by molar-refractivity contribution is -0.385. The minimum atomic E-state index is -0.626. The highest BCUT2D eigenvalue weighted by Crippen LogP contribution is 2.38. The van der Waals surface area contributed by atoms with Gasteiger partial charge in [0.05, 0.1) is 25.9 Å². The van der Waals surface area contributed by atoms with Crippen LogP contribution < -0.4 is 4.74 Å². The number of phenolic OH excluding ortho intramolecular Hbond substituents is 1. The molecular formula is C18H12BrClN2O6S. The lowest BCUT2D eigenvalue weighted by atomic mass is 10.1. The van der Waals surface area contributed by atoms with E-state index in [1.54, 1.807) is 24.3 Å². The number of nitrogens with zero attached hydrogens (tertiary/aromatic N) is 2. The van der Waals surface area contributed by atoms with Crippen LogP contribution in [-0.2, 0) is 4.79 Å². The number of para-hydroxylation sites is 1. The van der Waals surface area contributed by atoms with Crippen molar-refractivity contribution in [1.82, 2.24) is 4.90 Å². The number of imide groups is 1. The van der Waals surface area contributed by atoms with E-state index in [0.717, 1.165) is 17.0 Å². The molecule has 0 saturated carbocycles. The molecule has 8 nitrogen and oxygen atoms in total. The molecule has 0 aliphatic carbocycles. The molecule has 0 radical (unpaired) electrons. The monoisotopic (exact) mass is 498 g/mol. The predicted octanol–water partition coefficient (Wildman–Crippen LogP) is 4.83. The number of hydrogen-bond acceptors (Lipinski definition) is 7. The largest absolute Gasteiger partial charge is 0.506 e. The summed E-state index contributed by atoms with van der Waals surface area (Å²) in [5.41, 5.74) is -0.225. The average molecular weight is 500 g/mol. The number of thioether (sulfide) groups is 1. The maximum atomic E-state index is 12.6. The Bertz CT molecular complexity index is 1050. The number of nitro benzene ring substituents is 1. The van der Waals surface area contributed by atoms with Crippen molar-refractivity contribution in [1.29, 1.82) is 0 Å². The molecule has 1 fully saturated rings. The lowest BCUT2D eigenvalue weighted by Crippen LogP contribution is -2.32. The minimum absolute atomic E-state index is 0.00214. The topological polar surface area (TPSA) is 110 Å². The van der Waals surface area contributed by atoms with Gasteiger partial charge in [-0.3, -0.25) is 24.6 Å². The number of halogens is 2. The molecule has 1 heterocycles. The summed E-state index contributed by atoms with van der Waals surface area (Å²) < 4.78 is 5.60. The van der Waals surface area contributed by atoms with Gasteiger partial charge in [0.1, 0.15) is 18.1 Å². The van der Waals surface area contributed by atoms with Gasteiger partial charge >= 0.3 is 0 Å². The quantitative estimate of drug-likeness (QED) is 0.344. The highest BCUT2D eigenvalue weighted by molar-refractivity contribution is 9.10. The fourth-order valence-corrected chi connectivity index (χ4v) is 3.97. The van der Waals surface area contributed by atoms with Crippen LogP contribution >= 0.6 is 39.3 Å². The number of phenols is 1. The first-order valence-electron chi connectivity index (χ1n) is 8.07. The molecule has 2 aromatic rings. The second-order valence-electron chi connectivity index (χ2n) is 5.73. The number of amides is 2. The van der Waals surface area contributed by atoms with E-state index in [0.29, 0.717) is 22.5 Å². The number of carbonyl (C=O) groups is 2. The summed E-state index contributed by atoms with van der Waals surface area (Å²) >= 11 is 9.70. The molecule has 2 amide bonds. The third-order valence-electron chi connectivity index (χ3n) is 3.86. The standard InChI is InChI=1S/C18H12BrClN2O6S/c19-12-9-11(22(26)27)7-10(16(12)23)8-15-17(24)21(18(25)29-15)5-6-28-14-4-2-1-3-13(14)20/h1-4,7-9,23H,5-6H2/b15-8-. The molecular weight excluding hydrogens is 488 g/mol. The van der Waals surface area contributed by atoms with Crippen molar-refractivity contribution in [2.45, 2.75) is 0 Å². The molecule has 1 aliphatic heterocycles. The Morgan fingerprint density at radius 3 is 2.72 bits per heavy atom. The van der Waals surface area contributed by atoms with E-state index in [1.165, 1.54) is 6.08 Å². The van der Waals surface area contributed by atoms with Gasteiger partial charge in [0.25, 0.3) is 16.8 Å². The summed E-state index contributed by atoms with van der Waals surface area (Å²) in [6, 6.07) is 9.08. The fourth-order valence-electron chi connectivity index (χ4n) is 2.46. The van der Waals surface area contributed by atoms with Gasteiger partial charge < -0.3 is 9.84 Å². The van der Waals surface area contributed by atoms with Crippen LogP contribution in [0.3, 0.4) is 0 Å². The molecule has 1 aliphatic rings. The Labute approximate surface area is 182 Å². The molecule has 0 bridgehead atoms. The van der Waals surface area contributed by atoms with Gasteiger partial charge in [-0.1, -0.05) is 23.7 Å². The van der Waals surface area contributed by atoms with Crippen LogP contribution in [0.2, 0.25) is 5.02 Å². The van der Waals surface area contributed by atoms with Crippen LogP contribution in [0, 0.1) is 10.1 Å². The Balaban J connectivity index is 1.75. The van der Waals surface area contributed by atoms with Crippen LogP contribution in [0.25, 0.3) is 6.08 Å². The number of rotatable bonds is 6. The third kappa shape index (κ3) is 4.72. The smallest absolute Gasteiger partial charge is 0.293 e. The van der Waals surface area contributed by atoms with E-state index >= 15 is 0 Å². The number of aromatic hydroxyl groups is 1. The van der Waals surface area contributed by atoms with E-state index in [4.69, 9.17) is 16.3 Å². The summed E-state index contributed by atoms with van der Waals surface area (Å²) in [6.07, 6.45) is 1.24. The molecule has 29 heavy (non-hydrogen) atoms. The Hall–Kier alpha value is -2.56. The zero-order valence-corrected chi connectivity index (χ0v) is 17.7. The molecule has 3 rings (SSSR count). The van der Waals surface area contributed by atoms with Crippen LogP contribution in [0.4, 0.5) is 10.5 Å². The van der Waals surface area contributed by atoms with Gasteiger partial charge in [0.15, 0.2) is 0 Å². The highest BCUT2D eigenvalue weighted by Gasteiger charge is 2.35.